The minimum absolute atomic E-state index is 3.60. The molecule has 2 N–H and O–H groups in total. The zero-order valence-electron chi connectivity index (χ0n) is 24.1. The average Bonchev–Trinajstić information content (AvgIpc) is 2.43. The third-order valence-electron chi connectivity index (χ3n) is 0.447. The van der Waals surface area contributed by atoms with Gasteiger partial charge in [-0.15, -0.1) is 0 Å². The summed E-state index contributed by atoms with van der Waals surface area (Å²) in [7, 11) is 0. The van der Waals surface area contributed by atoms with E-state index in [0.29, 0.717) is 0 Å². The molecule has 62 valence electrons. The summed E-state index contributed by atoms with van der Waals surface area (Å²) in [5.41, 5.74) is 4.89. The van der Waals surface area contributed by atoms with Crippen LogP contribution in [-0.2, 0) is 0 Å². The molecule has 0 aromatic rings. The molecule has 0 aliphatic rings. The Morgan fingerprint density at radius 3 is 2.30 bits per heavy atom. The molecule has 0 rings (SSSR count). The maximum Gasteiger partial charge on any atom is 0.0425 e. The lowest BCUT2D eigenvalue weighted by Crippen LogP contribution is -1.97. The minimum atomic E-state index is -4.43. The van der Waals surface area contributed by atoms with E-state index in [0.717, 1.165) is 0 Å². The van der Waals surface area contributed by atoms with Gasteiger partial charge in [0.2, 0.25) is 0 Å². The van der Waals surface area contributed by atoms with Gasteiger partial charge in [-0.05, 0) is 12.9 Å². The number of hydrogen-bond donors (Lipinski definition) is 1. The standard InChI is InChI=1S/C9H21N/c1-2-3-4-5-6-7-8-9-10/h2-10H2,1H3/i1D3,2D2,3D2,4D2,5D2,6D2,7D2,8D2,9D2. The predicted octanol–water partition coefficient (Wildman–Crippen LogP) is 2.70. The van der Waals surface area contributed by atoms with Crippen molar-refractivity contribution in [3.05, 3.63) is 0 Å². The van der Waals surface area contributed by atoms with Crippen molar-refractivity contribution in [3.63, 3.8) is 0 Å². The van der Waals surface area contributed by atoms with E-state index in [1.54, 1.807) is 0 Å². The second kappa shape index (κ2) is 8.96. The van der Waals surface area contributed by atoms with Crippen molar-refractivity contribution in [1.82, 2.24) is 0 Å². The van der Waals surface area contributed by atoms with Crippen molar-refractivity contribution in [3.8, 4) is 0 Å². The Balaban J connectivity index is 6.82. The molecule has 1 nitrogen and oxygen atoms in total. The lowest BCUT2D eigenvalue weighted by Gasteiger charge is -1.97. The molecule has 0 saturated heterocycles. The van der Waals surface area contributed by atoms with Gasteiger partial charge in [-0.2, -0.15) is 0 Å². The highest BCUT2D eigenvalue weighted by molar-refractivity contribution is 4.44. The fourth-order valence-electron chi connectivity index (χ4n) is 0.192. The van der Waals surface area contributed by atoms with Gasteiger partial charge in [-0.25, -0.2) is 0 Å². The normalized spacial score (nSPS) is 51.1. The summed E-state index contributed by atoms with van der Waals surface area (Å²) in [4.78, 5) is 0. The average molecular weight is 162 g/mol. The van der Waals surface area contributed by atoms with Crippen LogP contribution in [0.5, 0.6) is 0 Å². The maximum absolute atomic E-state index is 7.77. The summed E-state index contributed by atoms with van der Waals surface area (Å²) in [6.07, 6.45) is -29.8. The SMILES string of the molecule is [2H]C([2H])([2H])C([2H])([2H])C([2H])([2H])C([2H])([2H])C([2H])([2H])C([2H])([2H])C([2H])([2H])C([2H])([2H])C([2H])([2H])N. The van der Waals surface area contributed by atoms with E-state index in [1.165, 1.54) is 0 Å². The smallest absolute Gasteiger partial charge is 0.0425 e. The first kappa shape index (κ1) is 1.02. The number of hydrogen-bond acceptors (Lipinski definition) is 1. The zero-order chi connectivity index (χ0) is 24.5. The van der Waals surface area contributed by atoms with Crippen LogP contribution in [0.2, 0.25) is 0 Å². The van der Waals surface area contributed by atoms with Gasteiger partial charge in [0.05, 0.1) is 0 Å². The Hall–Kier alpha value is -0.0400. The van der Waals surface area contributed by atoms with Crippen molar-refractivity contribution in [2.24, 2.45) is 5.73 Å². The van der Waals surface area contributed by atoms with Crippen LogP contribution in [0.15, 0.2) is 0 Å². The van der Waals surface area contributed by atoms with E-state index >= 15 is 0 Å². The van der Waals surface area contributed by atoms with E-state index in [9.17, 15) is 0 Å². The summed E-state index contributed by atoms with van der Waals surface area (Å²) < 4.78 is 143. The predicted molar refractivity (Wildman–Crippen MR) is 47.0 cm³/mol. The second-order valence-electron chi connectivity index (χ2n) is 1.02. The lowest BCUT2D eigenvalue weighted by molar-refractivity contribution is 0.593. The van der Waals surface area contributed by atoms with Gasteiger partial charge in [0.25, 0.3) is 0 Å². The van der Waals surface area contributed by atoms with Crippen molar-refractivity contribution < 1.29 is 26.0 Å². The highest BCUT2D eigenvalue weighted by Crippen LogP contribution is 2.05. The Labute approximate surface area is 91.7 Å². The van der Waals surface area contributed by atoms with Crippen LogP contribution < -0.4 is 5.73 Å². The molecular weight excluding hydrogens is 122 g/mol. The van der Waals surface area contributed by atoms with E-state index < -0.39 is 58.0 Å². The highest BCUT2D eigenvalue weighted by Gasteiger charge is 1.87. The third-order valence-corrected chi connectivity index (χ3v) is 0.447. The Morgan fingerprint density at radius 1 is 1.10 bits per heavy atom. The fourth-order valence-corrected chi connectivity index (χ4v) is 0.192. The molecule has 0 fully saturated rings. The summed E-state index contributed by atoms with van der Waals surface area (Å²) in [6, 6.07) is 0. The molecule has 0 amide bonds. The summed E-state index contributed by atoms with van der Waals surface area (Å²) >= 11 is 0. The third kappa shape index (κ3) is 7.96. The molecule has 0 atom stereocenters. The summed E-state index contributed by atoms with van der Waals surface area (Å²) in [6.45, 7) is -7.44. The van der Waals surface area contributed by atoms with Crippen molar-refractivity contribution in [1.29, 1.82) is 0 Å². The first-order valence-electron chi connectivity index (χ1n) is 11.8. The van der Waals surface area contributed by atoms with Crippen LogP contribution in [-0.4, -0.2) is 6.50 Å². The van der Waals surface area contributed by atoms with Crippen molar-refractivity contribution >= 4 is 0 Å². The fraction of sp³-hybridized carbons (Fsp3) is 1.00. The van der Waals surface area contributed by atoms with E-state index in [4.69, 9.17) is 31.8 Å². The van der Waals surface area contributed by atoms with Crippen LogP contribution in [0.3, 0.4) is 0 Å². The summed E-state index contributed by atoms with van der Waals surface area (Å²) in [5.74, 6) is 0. The largest absolute Gasteiger partial charge is 0.330 e. The van der Waals surface area contributed by atoms with Gasteiger partial charge in [-0.1, -0.05) is 45.1 Å². The van der Waals surface area contributed by atoms with Crippen LogP contribution in [0.1, 0.15) is 77.5 Å². The van der Waals surface area contributed by atoms with Gasteiger partial charge in [0.15, 0.2) is 0 Å². The molecule has 0 spiro atoms. The lowest BCUT2D eigenvalue weighted by atomic mass is 10.1. The van der Waals surface area contributed by atoms with Crippen LogP contribution in [0.25, 0.3) is 0 Å². The zero-order valence-corrected chi connectivity index (χ0v) is 5.08. The molecule has 10 heavy (non-hydrogen) atoms. The second-order valence-corrected chi connectivity index (χ2v) is 1.02. The van der Waals surface area contributed by atoms with E-state index in [-0.39, 0.29) is 0 Å². The van der Waals surface area contributed by atoms with Crippen molar-refractivity contribution in [2.45, 2.75) is 51.5 Å². The maximum atomic E-state index is 7.77. The van der Waals surface area contributed by atoms with E-state index in [2.05, 4.69) is 0 Å². The summed E-state index contributed by atoms with van der Waals surface area (Å²) in [5, 5.41) is 0. The molecule has 0 heterocycles. The van der Waals surface area contributed by atoms with Gasteiger partial charge in [-0.3, -0.25) is 0 Å². The minimum Gasteiger partial charge on any atom is -0.330 e. The van der Waals surface area contributed by atoms with Crippen LogP contribution >= 0.6 is 0 Å². The van der Waals surface area contributed by atoms with Gasteiger partial charge < -0.3 is 5.73 Å². The molecular formula is C9H21N. The van der Waals surface area contributed by atoms with Gasteiger partial charge >= 0.3 is 0 Å². The molecule has 0 aromatic carbocycles. The number of nitrogens with two attached hydrogens (primary N) is 1. The van der Waals surface area contributed by atoms with Gasteiger partial charge in [0, 0.05) is 26.0 Å². The topological polar surface area (TPSA) is 26.0 Å². The van der Waals surface area contributed by atoms with Crippen molar-refractivity contribution in [2.75, 3.05) is 6.50 Å². The Kier molecular flexibility index (Phi) is 0.916. The molecule has 0 bridgehead atoms. The first-order valence-corrected chi connectivity index (χ1v) is 2.29. The molecule has 1 heteroatoms. The molecule has 0 aliphatic heterocycles. The number of rotatable bonds is 7. The quantitative estimate of drug-likeness (QED) is 0.612. The molecule has 0 radical (unpaired) electrons. The Morgan fingerprint density at radius 2 is 1.70 bits per heavy atom. The monoisotopic (exact) mass is 162 g/mol. The molecule has 0 unspecified atom stereocenters. The Bertz CT molecular complexity index is 554. The molecule has 0 aliphatic carbocycles. The first-order chi connectivity index (χ1) is 12.0. The van der Waals surface area contributed by atoms with Crippen LogP contribution in [0, 0.1) is 0 Å². The molecule has 0 aromatic heterocycles. The van der Waals surface area contributed by atoms with Gasteiger partial charge in [0.1, 0.15) is 0 Å². The van der Waals surface area contributed by atoms with Crippen LogP contribution in [0.4, 0.5) is 0 Å². The van der Waals surface area contributed by atoms with E-state index in [1.807, 2.05) is 0 Å². The highest BCUT2D eigenvalue weighted by atomic mass is 14.5. The molecule has 0 saturated carbocycles.